The van der Waals surface area contributed by atoms with Crippen LogP contribution in [0.25, 0.3) is 10.9 Å². The molecule has 27 heavy (non-hydrogen) atoms. The molecule has 1 aliphatic rings. The van der Waals surface area contributed by atoms with Crippen molar-refractivity contribution >= 4 is 22.7 Å². The lowest BCUT2D eigenvalue weighted by molar-refractivity contribution is -0.124. The number of amides is 2. The molecule has 3 N–H and O–H groups in total. The SMILES string of the molecule is O=C(NC(CO)C(=O)NC1CCCCCCC1)c1ccnc2ccccc12. The minimum atomic E-state index is -0.963. The third-order valence-corrected chi connectivity index (χ3v) is 5.15. The number of carbonyl (C=O) groups is 2. The highest BCUT2D eigenvalue weighted by Gasteiger charge is 2.24. The van der Waals surface area contributed by atoms with E-state index in [1.54, 1.807) is 12.3 Å². The van der Waals surface area contributed by atoms with Crippen LogP contribution < -0.4 is 10.6 Å². The fourth-order valence-electron chi connectivity index (χ4n) is 3.63. The van der Waals surface area contributed by atoms with Gasteiger partial charge in [0, 0.05) is 17.6 Å². The minimum Gasteiger partial charge on any atom is -0.394 e. The Bertz CT molecular complexity index is 780. The van der Waals surface area contributed by atoms with E-state index in [1.807, 2.05) is 24.3 Å². The number of hydrogen-bond donors (Lipinski definition) is 3. The number of para-hydroxylation sites is 1. The first-order valence-corrected chi connectivity index (χ1v) is 9.75. The second kappa shape index (κ2) is 9.46. The summed E-state index contributed by atoms with van der Waals surface area (Å²) < 4.78 is 0. The zero-order valence-corrected chi connectivity index (χ0v) is 15.5. The summed E-state index contributed by atoms with van der Waals surface area (Å²) in [6.07, 6.45) is 9.33. The molecule has 2 aromatic rings. The predicted molar refractivity (Wildman–Crippen MR) is 104 cm³/mol. The number of hydrogen-bond acceptors (Lipinski definition) is 4. The number of rotatable bonds is 5. The van der Waals surface area contributed by atoms with Crippen molar-refractivity contribution in [1.82, 2.24) is 15.6 Å². The van der Waals surface area contributed by atoms with Crippen LogP contribution in [-0.2, 0) is 4.79 Å². The van der Waals surface area contributed by atoms with E-state index in [0.29, 0.717) is 11.1 Å². The van der Waals surface area contributed by atoms with Crippen LogP contribution in [0.2, 0.25) is 0 Å². The lowest BCUT2D eigenvalue weighted by atomic mass is 9.96. The molecule has 1 heterocycles. The van der Waals surface area contributed by atoms with E-state index in [-0.39, 0.29) is 17.9 Å². The van der Waals surface area contributed by atoms with Crippen LogP contribution in [0.5, 0.6) is 0 Å². The molecule has 0 saturated heterocycles. The van der Waals surface area contributed by atoms with Gasteiger partial charge in [-0.15, -0.1) is 0 Å². The lowest BCUT2D eigenvalue weighted by Gasteiger charge is -2.24. The summed E-state index contributed by atoms with van der Waals surface area (Å²) in [6, 6.07) is 8.12. The number of carbonyl (C=O) groups excluding carboxylic acids is 2. The van der Waals surface area contributed by atoms with Gasteiger partial charge in [-0.1, -0.05) is 50.3 Å². The fraction of sp³-hybridized carbons (Fsp3) is 0.476. The zero-order valence-electron chi connectivity index (χ0n) is 15.5. The van der Waals surface area contributed by atoms with Crippen LogP contribution in [0, 0.1) is 0 Å². The Morgan fingerprint density at radius 2 is 1.78 bits per heavy atom. The molecule has 1 atom stereocenters. The molecule has 144 valence electrons. The molecule has 1 aromatic heterocycles. The fourth-order valence-corrected chi connectivity index (χ4v) is 3.63. The minimum absolute atomic E-state index is 0.116. The van der Waals surface area contributed by atoms with Gasteiger partial charge in [-0.25, -0.2) is 0 Å². The summed E-state index contributed by atoms with van der Waals surface area (Å²) >= 11 is 0. The molecular formula is C21H27N3O3. The van der Waals surface area contributed by atoms with Gasteiger partial charge in [0.2, 0.25) is 5.91 Å². The highest BCUT2D eigenvalue weighted by molar-refractivity contribution is 6.07. The van der Waals surface area contributed by atoms with Gasteiger partial charge in [-0.2, -0.15) is 0 Å². The van der Waals surface area contributed by atoms with E-state index in [4.69, 9.17) is 0 Å². The van der Waals surface area contributed by atoms with Crippen molar-refractivity contribution in [3.05, 3.63) is 42.1 Å². The summed E-state index contributed by atoms with van der Waals surface area (Å²) in [5.74, 6) is -0.713. The van der Waals surface area contributed by atoms with Crippen molar-refractivity contribution in [1.29, 1.82) is 0 Å². The topological polar surface area (TPSA) is 91.3 Å². The Kier molecular flexibility index (Phi) is 6.76. The van der Waals surface area contributed by atoms with Crippen LogP contribution >= 0.6 is 0 Å². The van der Waals surface area contributed by atoms with Crippen molar-refractivity contribution in [2.45, 2.75) is 57.0 Å². The van der Waals surface area contributed by atoms with Gasteiger partial charge in [0.25, 0.3) is 5.91 Å². The van der Waals surface area contributed by atoms with E-state index in [9.17, 15) is 14.7 Å². The summed E-state index contributed by atoms with van der Waals surface area (Å²) in [5, 5.41) is 16.0. The summed E-state index contributed by atoms with van der Waals surface area (Å²) in [6.45, 7) is -0.437. The van der Waals surface area contributed by atoms with E-state index in [1.165, 1.54) is 19.3 Å². The van der Waals surface area contributed by atoms with E-state index in [0.717, 1.165) is 31.1 Å². The highest BCUT2D eigenvalue weighted by atomic mass is 16.3. The second-order valence-electron chi connectivity index (χ2n) is 7.13. The Balaban J connectivity index is 1.66. The maximum Gasteiger partial charge on any atom is 0.252 e. The third-order valence-electron chi connectivity index (χ3n) is 5.15. The Morgan fingerprint density at radius 3 is 2.52 bits per heavy atom. The summed E-state index contributed by atoms with van der Waals surface area (Å²) in [7, 11) is 0. The van der Waals surface area contributed by atoms with Crippen LogP contribution in [0.15, 0.2) is 36.5 Å². The first-order chi connectivity index (χ1) is 13.2. The van der Waals surface area contributed by atoms with Crippen LogP contribution in [0.1, 0.15) is 55.3 Å². The van der Waals surface area contributed by atoms with Gasteiger partial charge < -0.3 is 15.7 Å². The molecule has 6 heteroatoms. The number of pyridine rings is 1. The maximum atomic E-state index is 12.7. The average molecular weight is 369 g/mol. The Morgan fingerprint density at radius 1 is 1.07 bits per heavy atom. The van der Waals surface area contributed by atoms with E-state index < -0.39 is 12.6 Å². The molecule has 1 saturated carbocycles. The van der Waals surface area contributed by atoms with E-state index in [2.05, 4.69) is 15.6 Å². The molecule has 0 spiro atoms. The molecule has 3 rings (SSSR count). The van der Waals surface area contributed by atoms with Crippen LogP contribution in [0.3, 0.4) is 0 Å². The quantitative estimate of drug-likeness (QED) is 0.755. The Hall–Kier alpha value is -2.47. The molecule has 0 bridgehead atoms. The first-order valence-electron chi connectivity index (χ1n) is 9.75. The van der Waals surface area contributed by atoms with Crippen molar-refractivity contribution in [3.63, 3.8) is 0 Å². The van der Waals surface area contributed by atoms with Gasteiger partial charge in [0.1, 0.15) is 6.04 Å². The maximum absolute atomic E-state index is 12.7. The summed E-state index contributed by atoms with van der Waals surface area (Å²) in [5.41, 5.74) is 1.16. The van der Waals surface area contributed by atoms with Crippen LogP contribution in [0.4, 0.5) is 0 Å². The summed E-state index contributed by atoms with van der Waals surface area (Å²) in [4.78, 5) is 29.5. The van der Waals surface area contributed by atoms with Gasteiger partial charge in [-0.05, 0) is 25.0 Å². The van der Waals surface area contributed by atoms with Gasteiger partial charge in [0.15, 0.2) is 0 Å². The smallest absolute Gasteiger partial charge is 0.252 e. The number of aliphatic hydroxyl groups is 1. The van der Waals surface area contributed by atoms with E-state index >= 15 is 0 Å². The molecular weight excluding hydrogens is 342 g/mol. The first kappa shape index (κ1) is 19.3. The number of aromatic nitrogens is 1. The van der Waals surface area contributed by atoms with Gasteiger partial charge in [-0.3, -0.25) is 14.6 Å². The monoisotopic (exact) mass is 369 g/mol. The van der Waals surface area contributed by atoms with Crippen LogP contribution in [-0.4, -0.2) is 40.6 Å². The molecule has 1 unspecified atom stereocenters. The molecule has 2 amide bonds. The standard InChI is InChI=1S/C21H27N3O3/c25-14-19(21(27)23-15-8-4-2-1-3-5-9-15)24-20(26)17-12-13-22-18-11-7-6-10-16(17)18/h6-7,10-13,15,19,25H,1-5,8-9,14H2,(H,23,27)(H,24,26). The number of nitrogens with zero attached hydrogens (tertiary/aromatic N) is 1. The lowest BCUT2D eigenvalue weighted by Crippen LogP contribution is -2.51. The van der Waals surface area contributed by atoms with Crippen molar-refractivity contribution in [3.8, 4) is 0 Å². The van der Waals surface area contributed by atoms with Gasteiger partial charge >= 0.3 is 0 Å². The van der Waals surface area contributed by atoms with Crippen molar-refractivity contribution in [2.24, 2.45) is 0 Å². The normalized spacial score (nSPS) is 16.9. The van der Waals surface area contributed by atoms with Crippen molar-refractivity contribution in [2.75, 3.05) is 6.61 Å². The zero-order chi connectivity index (χ0) is 19.1. The van der Waals surface area contributed by atoms with Crippen molar-refractivity contribution < 1.29 is 14.7 Å². The third kappa shape index (κ3) is 5.04. The molecule has 1 fully saturated rings. The molecule has 6 nitrogen and oxygen atoms in total. The van der Waals surface area contributed by atoms with Gasteiger partial charge in [0.05, 0.1) is 17.7 Å². The number of aliphatic hydroxyl groups excluding tert-OH is 1. The Labute approximate surface area is 159 Å². The molecule has 0 radical (unpaired) electrons. The number of benzene rings is 1. The predicted octanol–water partition coefficient (Wildman–Crippen LogP) is 2.55. The number of nitrogens with one attached hydrogen (secondary N) is 2. The molecule has 1 aliphatic carbocycles. The highest BCUT2D eigenvalue weighted by Crippen LogP contribution is 2.18. The largest absolute Gasteiger partial charge is 0.394 e. The molecule has 0 aliphatic heterocycles. The average Bonchev–Trinajstić information content (AvgIpc) is 2.67. The molecule has 1 aromatic carbocycles. The second-order valence-corrected chi connectivity index (χ2v) is 7.13. The number of fused-ring (bicyclic) bond motifs is 1.